The minimum Gasteiger partial charge on any atom is -0.229 e. The van der Waals surface area contributed by atoms with Crippen LogP contribution in [0.1, 0.15) is 24.2 Å². The number of sulfone groups is 1. The van der Waals surface area contributed by atoms with Gasteiger partial charge in [0.15, 0.2) is 9.84 Å². The van der Waals surface area contributed by atoms with E-state index in [1.165, 1.54) is 12.3 Å². The molecule has 0 radical (unpaired) electrons. The fourth-order valence-corrected chi connectivity index (χ4v) is 3.47. The first-order valence-corrected chi connectivity index (χ1v) is 8.46. The molecule has 1 atom stereocenters. The zero-order valence-corrected chi connectivity index (χ0v) is 13.7. The predicted molar refractivity (Wildman–Crippen MR) is 74.7 cm³/mol. The van der Waals surface area contributed by atoms with Gasteiger partial charge in [0.1, 0.15) is 5.82 Å². The van der Waals surface area contributed by atoms with Crippen molar-refractivity contribution in [1.29, 1.82) is 0 Å². The van der Waals surface area contributed by atoms with Crippen molar-refractivity contribution in [1.82, 2.24) is 0 Å². The molecule has 0 heterocycles. The van der Waals surface area contributed by atoms with Crippen molar-refractivity contribution >= 4 is 41.7 Å². The van der Waals surface area contributed by atoms with Crippen LogP contribution in [-0.4, -0.2) is 19.4 Å². The normalized spacial score (nSPS) is 14.7. The lowest BCUT2D eigenvalue weighted by Crippen LogP contribution is -2.35. The van der Waals surface area contributed by atoms with Crippen LogP contribution in [-0.2, 0) is 9.84 Å². The monoisotopic (exact) mass is 386 g/mol. The maximum atomic E-state index is 13.1. The van der Waals surface area contributed by atoms with Crippen molar-refractivity contribution in [3.8, 4) is 0 Å². The lowest BCUT2D eigenvalue weighted by Gasteiger charge is -2.28. The molecule has 2 nitrogen and oxygen atoms in total. The van der Waals surface area contributed by atoms with Crippen molar-refractivity contribution in [3.05, 3.63) is 34.1 Å². The van der Waals surface area contributed by atoms with E-state index >= 15 is 0 Å². The molecule has 0 fully saturated rings. The van der Waals surface area contributed by atoms with Gasteiger partial charge in [0.2, 0.25) is 0 Å². The predicted octanol–water partition coefficient (Wildman–Crippen LogP) is 3.85. The Hall–Kier alpha value is 0.0600. The summed E-state index contributed by atoms with van der Waals surface area (Å²) in [6.45, 7) is 3.28. The smallest absolute Gasteiger partial charge is 0.154 e. The summed E-state index contributed by atoms with van der Waals surface area (Å²) >= 11 is 6.47. The Morgan fingerprint density at radius 3 is 2.29 bits per heavy atom. The van der Waals surface area contributed by atoms with Gasteiger partial charge in [0.25, 0.3) is 0 Å². The minimum absolute atomic E-state index is 0.323. The lowest BCUT2D eigenvalue weighted by molar-refractivity contribution is 0.548. The largest absolute Gasteiger partial charge is 0.229 e. The summed E-state index contributed by atoms with van der Waals surface area (Å²) in [5, 5.41) is 0. The van der Waals surface area contributed by atoms with Gasteiger partial charge in [-0.05, 0) is 47.5 Å². The molecule has 0 aromatic heterocycles. The van der Waals surface area contributed by atoms with E-state index in [-0.39, 0.29) is 5.82 Å². The van der Waals surface area contributed by atoms with Crippen LogP contribution in [0.5, 0.6) is 0 Å². The van der Waals surface area contributed by atoms with Crippen LogP contribution < -0.4 is 0 Å². The van der Waals surface area contributed by atoms with Gasteiger partial charge < -0.3 is 0 Å². The number of benzene rings is 1. The van der Waals surface area contributed by atoms with E-state index in [1.54, 1.807) is 26.0 Å². The molecule has 0 aliphatic carbocycles. The van der Waals surface area contributed by atoms with Crippen LogP contribution in [0.25, 0.3) is 0 Å². The molecule has 0 spiro atoms. The summed E-state index contributed by atoms with van der Waals surface area (Å²) in [7, 11) is -3.23. The van der Waals surface area contributed by atoms with E-state index in [0.29, 0.717) is 10.0 Å². The third-order valence-corrected chi connectivity index (χ3v) is 7.53. The molecule has 0 amide bonds. The van der Waals surface area contributed by atoms with Crippen molar-refractivity contribution in [2.75, 3.05) is 6.26 Å². The molecular weight excluding hydrogens is 375 g/mol. The zero-order chi connectivity index (χ0) is 13.4. The first kappa shape index (κ1) is 15.1. The average molecular weight is 388 g/mol. The highest BCUT2D eigenvalue weighted by molar-refractivity contribution is 9.10. The van der Waals surface area contributed by atoms with Crippen LogP contribution in [0.15, 0.2) is 22.7 Å². The molecule has 0 aliphatic heterocycles. The summed E-state index contributed by atoms with van der Waals surface area (Å²) in [4.78, 5) is -0.401. The summed E-state index contributed by atoms with van der Waals surface area (Å²) in [6.07, 6.45) is 1.19. The number of hydrogen-bond donors (Lipinski definition) is 0. The Morgan fingerprint density at radius 2 is 1.88 bits per heavy atom. The molecule has 6 heteroatoms. The molecule has 0 aliphatic rings. The average Bonchev–Trinajstić information content (AvgIpc) is 2.19. The first-order chi connectivity index (χ1) is 7.57. The highest BCUT2D eigenvalue weighted by Gasteiger charge is 2.38. The van der Waals surface area contributed by atoms with Gasteiger partial charge in [-0.3, -0.25) is 0 Å². The molecular formula is C11H13Br2FO2S. The molecule has 1 aromatic carbocycles. The maximum Gasteiger partial charge on any atom is 0.154 e. The number of rotatable bonds is 3. The van der Waals surface area contributed by atoms with Crippen molar-refractivity contribution in [2.45, 2.75) is 23.4 Å². The van der Waals surface area contributed by atoms with Crippen LogP contribution >= 0.6 is 31.9 Å². The van der Waals surface area contributed by atoms with Gasteiger partial charge >= 0.3 is 0 Å². The Bertz CT molecular complexity index is 526. The van der Waals surface area contributed by atoms with Crippen LogP contribution in [0.3, 0.4) is 0 Å². The first-order valence-electron chi connectivity index (χ1n) is 4.86. The minimum atomic E-state index is -3.23. The summed E-state index contributed by atoms with van der Waals surface area (Å²) in [6, 6.07) is 4.47. The second kappa shape index (κ2) is 4.97. The van der Waals surface area contributed by atoms with Gasteiger partial charge in [0, 0.05) is 6.26 Å². The molecule has 0 bridgehead atoms. The Labute approximate surface area is 118 Å². The molecule has 17 heavy (non-hydrogen) atoms. The third-order valence-electron chi connectivity index (χ3n) is 2.80. The van der Waals surface area contributed by atoms with Gasteiger partial charge in [0.05, 0.1) is 14.0 Å². The number of hydrogen-bond acceptors (Lipinski definition) is 2. The molecule has 1 unspecified atom stereocenters. The molecule has 96 valence electrons. The van der Waals surface area contributed by atoms with E-state index in [2.05, 4.69) is 31.9 Å². The zero-order valence-electron chi connectivity index (χ0n) is 9.67. The molecule has 1 aromatic rings. The Balaban J connectivity index is 3.21. The number of alkyl halides is 1. The van der Waals surface area contributed by atoms with Gasteiger partial charge in [-0.2, -0.15) is 0 Å². The number of halogens is 3. The fraction of sp³-hybridized carbons (Fsp3) is 0.455. The van der Waals surface area contributed by atoms with E-state index < -0.39 is 19.4 Å². The van der Waals surface area contributed by atoms with E-state index in [1.807, 2.05) is 0 Å². The highest BCUT2D eigenvalue weighted by atomic mass is 79.9. The molecule has 0 saturated heterocycles. The van der Waals surface area contributed by atoms with E-state index in [4.69, 9.17) is 0 Å². The molecule has 0 N–H and O–H groups in total. The molecule has 0 saturated carbocycles. The fourth-order valence-electron chi connectivity index (χ4n) is 1.26. The highest BCUT2D eigenvalue weighted by Crippen LogP contribution is 2.40. The standard InChI is InChI=1S/C11H13Br2FO2S/c1-11(2,17(3,15)16)10(13)7-4-5-9(14)8(12)6-7/h4-6,10H,1-3H3. The van der Waals surface area contributed by atoms with Crippen molar-refractivity contribution in [3.63, 3.8) is 0 Å². The van der Waals surface area contributed by atoms with Crippen LogP contribution in [0.4, 0.5) is 4.39 Å². The lowest BCUT2D eigenvalue weighted by atomic mass is 10.0. The van der Waals surface area contributed by atoms with Gasteiger partial charge in [-0.15, -0.1) is 0 Å². The van der Waals surface area contributed by atoms with E-state index in [0.717, 1.165) is 0 Å². The Morgan fingerprint density at radius 1 is 1.35 bits per heavy atom. The second-order valence-electron chi connectivity index (χ2n) is 4.41. The van der Waals surface area contributed by atoms with Crippen molar-refractivity contribution < 1.29 is 12.8 Å². The van der Waals surface area contributed by atoms with Crippen molar-refractivity contribution in [2.24, 2.45) is 0 Å². The quantitative estimate of drug-likeness (QED) is 0.738. The van der Waals surface area contributed by atoms with Gasteiger partial charge in [-0.1, -0.05) is 22.0 Å². The van der Waals surface area contributed by atoms with Gasteiger partial charge in [-0.25, -0.2) is 12.8 Å². The Kier molecular flexibility index (Phi) is 4.42. The molecule has 1 rings (SSSR count). The summed E-state index contributed by atoms with van der Waals surface area (Å²) in [5.41, 5.74) is 0.716. The summed E-state index contributed by atoms with van der Waals surface area (Å²) < 4.78 is 35.9. The SMILES string of the molecule is CC(C)(C(Br)c1ccc(F)c(Br)c1)S(C)(=O)=O. The maximum absolute atomic E-state index is 13.1. The topological polar surface area (TPSA) is 34.1 Å². The van der Waals surface area contributed by atoms with Crippen LogP contribution in [0.2, 0.25) is 0 Å². The van der Waals surface area contributed by atoms with Crippen LogP contribution in [0, 0.1) is 5.82 Å². The third kappa shape index (κ3) is 3.09. The van der Waals surface area contributed by atoms with E-state index in [9.17, 15) is 12.8 Å². The second-order valence-corrected chi connectivity index (χ2v) is 8.78. The summed E-state index contributed by atoms with van der Waals surface area (Å²) in [5.74, 6) is -0.370.